The molecular formula is C64H49NO2. The molecule has 0 bridgehead atoms. The molecule has 0 fully saturated rings. The van der Waals surface area contributed by atoms with Crippen molar-refractivity contribution in [2.24, 2.45) is 0 Å². The van der Waals surface area contributed by atoms with Gasteiger partial charge in [-0.15, -0.1) is 0 Å². The zero-order valence-electron chi connectivity index (χ0n) is 37.5. The van der Waals surface area contributed by atoms with Crippen molar-refractivity contribution in [1.29, 1.82) is 0 Å². The number of hydrogen-bond acceptors (Lipinski definition) is 2. The van der Waals surface area contributed by atoms with Crippen LogP contribution >= 0.6 is 0 Å². The smallest absolute Gasteiger partial charge is 0.143 e. The maximum absolute atomic E-state index is 6.07. The lowest BCUT2D eigenvalue weighted by atomic mass is 9.74. The molecule has 0 saturated carbocycles. The normalized spacial score (nSPS) is 15.1. The molecule has 11 aromatic rings. The van der Waals surface area contributed by atoms with Crippen molar-refractivity contribution < 1.29 is 9.15 Å². The number of aryl methyl sites for hydroxylation is 3. The van der Waals surface area contributed by atoms with Crippen LogP contribution in [-0.2, 0) is 18.3 Å². The average molecular weight is 864 g/mol. The molecule has 0 saturated heterocycles. The van der Waals surface area contributed by atoms with Gasteiger partial charge in [-0.25, -0.2) is 0 Å². The van der Waals surface area contributed by atoms with Gasteiger partial charge >= 0.3 is 0 Å². The zero-order valence-corrected chi connectivity index (χ0v) is 37.5. The topological polar surface area (TPSA) is 27.3 Å². The second kappa shape index (κ2) is 17.0. The van der Waals surface area contributed by atoms with Crippen LogP contribution < -0.4 is 4.74 Å². The van der Waals surface area contributed by atoms with Gasteiger partial charge in [-0.1, -0.05) is 194 Å². The zero-order chi connectivity index (χ0) is 44.7. The Balaban J connectivity index is 0.000000194. The lowest BCUT2D eigenvalue weighted by molar-refractivity contribution is 0.297. The molecule has 3 heteroatoms. The third-order valence-electron chi connectivity index (χ3n) is 13.9. The maximum atomic E-state index is 6.07. The number of para-hydroxylation sites is 5. The van der Waals surface area contributed by atoms with Crippen LogP contribution in [0.15, 0.2) is 235 Å². The van der Waals surface area contributed by atoms with Gasteiger partial charge in [0.2, 0.25) is 0 Å². The summed E-state index contributed by atoms with van der Waals surface area (Å²) in [5.41, 5.74) is 18.2. The van der Waals surface area contributed by atoms with E-state index in [1.165, 1.54) is 88.3 Å². The Morgan fingerprint density at radius 2 is 1.15 bits per heavy atom. The summed E-state index contributed by atoms with van der Waals surface area (Å²) in [5, 5.41) is 4.92. The molecule has 67 heavy (non-hydrogen) atoms. The van der Waals surface area contributed by atoms with Gasteiger partial charge in [0.15, 0.2) is 0 Å². The lowest BCUT2D eigenvalue weighted by Crippen LogP contribution is -2.26. The Morgan fingerprint density at radius 1 is 0.507 bits per heavy atom. The molecule has 0 radical (unpaired) electrons. The summed E-state index contributed by atoms with van der Waals surface area (Å²) in [6.07, 6.45) is 10.0. The molecule has 0 amide bonds. The molecule has 2 aromatic heterocycles. The molecule has 9 aromatic carbocycles. The Hall–Kier alpha value is -8.14. The number of nitrogens with zero attached hydrogens (tertiary/aromatic N) is 1. The first-order chi connectivity index (χ1) is 33.1. The Labute approximate surface area is 391 Å². The summed E-state index contributed by atoms with van der Waals surface area (Å²) < 4.78 is 14.5. The highest BCUT2D eigenvalue weighted by Crippen LogP contribution is 2.46. The van der Waals surface area contributed by atoms with Crippen LogP contribution in [0, 0.1) is 6.92 Å². The van der Waals surface area contributed by atoms with Crippen molar-refractivity contribution in [3.05, 3.63) is 258 Å². The van der Waals surface area contributed by atoms with E-state index in [0.717, 1.165) is 41.7 Å². The van der Waals surface area contributed by atoms with E-state index < -0.39 is 0 Å². The highest BCUT2D eigenvalue weighted by molar-refractivity contribution is 6.11. The molecule has 13 rings (SSSR count). The van der Waals surface area contributed by atoms with Crippen LogP contribution in [-0.4, -0.2) is 11.2 Å². The van der Waals surface area contributed by atoms with E-state index in [9.17, 15) is 0 Å². The van der Waals surface area contributed by atoms with Gasteiger partial charge in [-0.3, -0.25) is 0 Å². The minimum absolute atomic E-state index is 0.0572. The summed E-state index contributed by atoms with van der Waals surface area (Å²) in [5.74, 6) is 1.02. The molecule has 1 unspecified atom stereocenters. The van der Waals surface area contributed by atoms with Gasteiger partial charge in [0, 0.05) is 38.4 Å². The van der Waals surface area contributed by atoms with E-state index in [-0.39, 0.29) is 5.41 Å². The Kier molecular flexibility index (Phi) is 10.3. The van der Waals surface area contributed by atoms with Crippen LogP contribution in [0.4, 0.5) is 0 Å². The van der Waals surface area contributed by atoms with E-state index in [0.29, 0.717) is 6.61 Å². The van der Waals surface area contributed by atoms with Crippen LogP contribution in [0.5, 0.6) is 5.75 Å². The molecule has 322 valence electrons. The third kappa shape index (κ3) is 7.53. The fourth-order valence-electron chi connectivity index (χ4n) is 10.3. The second-order valence-electron chi connectivity index (χ2n) is 18.1. The predicted octanol–water partition coefficient (Wildman–Crippen LogP) is 16.5. The molecule has 3 heterocycles. The van der Waals surface area contributed by atoms with Crippen molar-refractivity contribution in [2.75, 3.05) is 6.61 Å². The van der Waals surface area contributed by atoms with Crippen molar-refractivity contribution in [3.8, 4) is 33.7 Å². The number of allylic oxidation sites excluding steroid dienone is 3. The summed E-state index contributed by atoms with van der Waals surface area (Å²) in [4.78, 5) is 0. The molecule has 1 aliphatic carbocycles. The van der Waals surface area contributed by atoms with Gasteiger partial charge in [0.25, 0.3) is 0 Å². The minimum atomic E-state index is -0.0572. The van der Waals surface area contributed by atoms with Crippen molar-refractivity contribution >= 4 is 49.3 Å². The largest absolute Gasteiger partial charge is 0.492 e. The first kappa shape index (κ1) is 40.4. The highest BCUT2D eigenvalue weighted by atomic mass is 16.5. The molecule has 1 aliphatic heterocycles. The standard InChI is InChI=1S/C45H35NO.C19H14O/c1-2-10-38(11-3-1)46-42-14-6-4-12-39(42)40-29-36(26-27-43(40)46)34-22-18-32(19-23-34)16-17-33-20-24-35(25-21-33)37-9-8-28-45(30-37)31-47-44-15-7-5-13-41(44)45;1-13-9-11-14(12-10-13)15-6-4-7-17-16-5-2-3-8-18(16)20-19(15)17/h1-15,18-27,29-30H,16-17,28,31H2;2-12H,1H3. The van der Waals surface area contributed by atoms with Crippen molar-refractivity contribution in [3.63, 3.8) is 0 Å². The van der Waals surface area contributed by atoms with E-state index in [1.807, 2.05) is 12.1 Å². The van der Waals surface area contributed by atoms with Crippen molar-refractivity contribution in [1.82, 2.24) is 4.57 Å². The molecule has 2 aliphatic rings. The van der Waals surface area contributed by atoms with Crippen molar-refractivity contribution in [2.45, 2.75) is 31.6 Å². The number of aromatic nitrogens is 1. The summed E-state index contributed by atoms with van der Waals surface area (Å²) in [6.45, 7) is 2.82. The minimum Gasteiger partial charge on any atom is -0.492 e. The maximum Gasteiger partial charge on any atom is 0.143 e. The quantitative estimate of drug-likeness (QED) is 0.160. The van der Waals surface area contributed by atoms with Crippen LogP contribution in [0.1, 0.15) is 34.2 Å². The van der Waals surface area contributed by atoms with Gasteiger partial charge in [-0.05, 0) is 108 Å². The fraction of sp³-hybridized carbons (Fsp3) is 0.0938. The second-order valence-corrected chi connectivity index (χ2v) is 18.1. The third-order valence-corrected chi connectivity index (χ3v) is 13.9. The average Bonchev–Trinajstić information content (AvgIpc) is 4.06. The van der Waals surface area contributed by atoms with Gasteiger partial charge in [-0.2, -0.15) is 0 Å². The van der Waals surface area contributed by atoms with E-state index in [1.54, 1.807) is 0 Å². The SMILES string of the molecule is C1=CC(c2ccc(CCc3ccc(-c4ccc5c(c4)c4ccccc4n5-c4ccccc4)cc3)cc2)=CC2(C1)COc1ccccc12.Cc1ccc(-c2cccc3c2oc2ccccc23)cc1. The van der Waals surface area contributed by atoms with Crippen LogP contribution in [0.3, 0.4) is 0 Å². The number of ether oxygens (including phenoxy) is 1. The van der Waals surface area contributed by atoms with Gasteiger partial charge in [0.05, 0.1) is 16.4 Å². The summed E-state index contributed by atoms with van der Waals surface area (Å²) in [7, 11) is 0. The molecule has 0 N–H and O–H groups in total. The predicted molar refractivity (Wildman–Crippen MR) is 279 cm³/mol. The molecule has 3 nitrogen and oxygen atoms in total. The number of rotatable bonds is 7. The summed E-state index contributed by atoms with van der Waals surface area (Å²) >= 11 is 0. The monoisotopic (exact) mass is 863 g/mol. The number of furan rings is 1. The first-order valence-electron chi connectivity index (χ1n) is 23.4. The Bertz CT molecular complexity index is 3650. The fourth-order valence-corrected chi connectivity index (χ4v) is 10.3. The van der Waals surface area contributed by atoms with Gasteiger partial charge < -0.3 is 13.7 Å². The molecule has 1 spiro atoms. The first-order valence-corrected chi connectivity index (χ1v) is 23.4. The number of fused-ring (bicyclic) bond motifs is 8. The van der Waals surface area contributed by atoms with E-state index >= 15 is 0 Å². The van der Waals surface area contributed by atoms with E-state index in [4.69, 9.17) is 9.15 Å². The van der Waals surface area contributed by atoms with Gasteiger partial charge in [0.1, 0.15) is 23.5 Å². The highest BCUT2D eigenvalue weighted by Gasteiger charge is 2.39. The molecular weight excluding hydrogens is 815 g/mol. The summed E-state index contributed by atoms with van der Waals surface area (Å²) in [6, 6.07) is 76.1. The van der Waals surface area contributed by atoms with Crippen LogP contribution in [0.2, 0.25) is 0 Å². The Morgan fingerprint density at radius 3 is 1.96 bits per heavy atom. The molecule has 1 atom stereocenters. The number of benzene rings is 9. The van der Waals surface area contributed by atoms with E-state index in [2.05, 4.69) is 230 Å². The number of hydrogen-bond donors (Lipinski definition) is 0. The van der Waals surface area contributed by atoms with Crippen LogP contribution in [0.25, 0.3) is 77.3 Å². The lowest BCUT2D eigenvalue weighted by Gasteiger charge is -2.27.